The Morgan fingerprint density at radius 3 is 2.65 bits per heavy atom. The van der Waals surface area contributed by atoms with Crippen LogP contribution in [0.3, 0.4) is 0 Å². The van der Waals surface area contributed by atoms with Crippen LogP contribution in [-0.4, -0.2) is 10.8 Å². The van der Waals surface area contributed by atoms with Crippen molar-refractivity contribution in [1.29, 1.82) is 0 Å². The van der Waals surface area contributed by atoms with Gasteiger partial charge in [0.2, 0.25) is 0 Å². The molecule has 0 aromatic heterocycles. The normalized spacial score (nSPS) is 10.1. The number of nitrogens with one attached hydrogen (secondary N) is 1. The molecule has 2 aromatic rings. The summed E-state index contributed by atoms with van der Waals surface area (Å²) in [4.78, 5) is 22.1. The lowest BCUT2D eigenvalue weighted by Crippen LogP contribution is -2.11. The Kier molecular flexibility index (Phi) is 4.36. The van der Waals surface area contributed by atoms with Crippen LogP contribution in [0, 0.1) is 10.1 Å². The van der Waals surface area contributed by atoms with Crippen LogP contribution in [0.4, 0.5) is 11.4 Å². The minimum Gasteiger partial charge on any atom is -0.322 e. The second-order valence-electron chi connectivity index (χ2n) is 3.89. The minimum absolute atomic E-state index is 0.0864. The molecule has 0 saturated heterocycles. The first-order valence-electron chi connectivity index (χ1n) is 5.48. The van der Waals surface area contributed by atoms with Crippen LogP contribution < -0.4 is 5.32 Å². The topological polar surface area (TPSA) is 72.2 Å². The monoisotopic (exact) mass is 354 g/mol. The van der Waals surface area contributed by atoms with E-state index in [-0.39, 0.29) is 11.6 Å². The predicted molar refractivity (Wildman–Crippen MR) is 80.2 cm³/mol. The molecule has 0 spiro atoms. The van der Waals surface area contributed by atoms with Gasteiger partial charge in [0.05, 0.1) is 9.95 Å². The molecule has 0 aliphatic rings. The number of anilines is 1. The maximum Gasteiger partial charge on any atom is 0.271 e. The number of carbonyl (C=O) groups excluding carboxylic acids is 1. The van der Waals surface area contributed by atoms with Crippen molar-refractivity contribution in [1.82, 2.24) is 0 Å². The van der Waals surface area contributed by atoms with Gasteiger partial charge in [-0.2, -0.15) is 0 Å². The van der Waals surface area contributed by atoms with Crippen molar-refractivity contribution in [3.8, 4) is 0 Å². The molecule has 0 aliphatic heterocycles. The standard InChI is InChI=1S/C13H8BrClN2O3/c14-11-5-4-8(6-12(11)15)13(18)16-9-2-1-3-10(7-9)17(19)20/h1-7H,(H,16,18). The largest absolute Gasteiger partial charge is 0.322 e. The van der Waals surface area contributed by atoms with Crippen molar-refractivity contribution < 1.29 is 9.72 Å². The highest BCUT2D eigenvalue weighted by molar-refractivity contribution is 9.10. The number of nitro benzene ring substituents is 1. The van der Waals surface area contributed by atoms with Crippen LogP contribution in [0.2, 0.25) is 5.02 Å². The molecule has 1 N–H and O–H groups in total. The third-order valence-corrected chi connectivity index (χ3v) is 3.73. The average molecular weight is 356 g/mol. The number of rotatable bonds is 3. The van der Waals surface area contributed by atoms with Gasteiger partial charge >= 0.3 is 0 Å². The van der Waals surface area contributed by atoms with E-state index >= 15 is 0 Å². The van der Waals surface area contributed by atoms with E-state index in [0.717, 1.165) is 0 Å². The predicted octanol–water partition coefficient (Wildman–Crippen LogP) is 4.26. The molecule has 1 amide bonds. The first-order valence-corrected chi connectivity index (χ1v) is 6.65. The number of amides is 1. The summed E-state index contributed by atoms with van der Waals surface area (Å²) in [6, 6.07) is 10.5. The summed E-state index contributed by atoms with van der Waals surface area (Å²) < 4.78 is 0.686. The van der Waals surface area contributed by atoms with Gasteiger partial charge in [0.1, 0.15) is 0 Å². The Balaban J connectivity index is 2.21. The van der Waals surface area contributed by atoms with E-state index < -0.39 is 4.92 Å². The number of hydrogen-bond acceptors (Lipinski definition) is 3. The van der Waals surface area contributed by atoms with Crippen molar-refractivity contribution in [2.24, 2.45) is 0 Å². The van der Waals surface area contributed by atoms with Crippen molar-refractivity contribution in [3.05, 3.63) is 67.6 Å². The summed E-state index contributed by atoms with van der Waals surface area (Å²) >= 11 is 9.14. The van der Waals surface area contributed by atoms with Crippen LogP contribution in [0.25, 0.3) is 0 Å². The molecule has 2 aromatic carbocycles. The van der Waals surface area contributed by atoms with Crippen LogP contribution in [0.1, 0.15) is 10.4 Å². The van der Waals surface area contributed by atoms with Gasteiger partial charge in [0.15, 0.2) is 0 Å². The maximum atomic E-state index is 12.0. The molecule has 0 atom stereocenters. The Morgan fingerprint density at radius 1 is 1.25 bits per heavy atom. The number of hydrogen-bond donors (Lipinski definition) is 1. The van der Waals surface area contributed by atoms with Crippen LogP contribution in [0.15, 0.2) is 46.9 Å². The van der Waals surface area contributed by atoms with Gasteiger partial charge in [-0.15, -0.1) is 0 Å². The van der Waals surface area contributed by atoms with Crippen molar-refractivity contribution in [2.45, 2.75) is 0 Å². The molecular weight excluding hydrogens is 348 g/mol. The molecule has 2 rings (SSSR count). The van der Waals surface area contributed by atoms with Crippen molar-refractivity contribution in [3.63, 3.8) is 0 Å². The smallest absolute Gasteiger partial charge is 0.271 e. The average Bonchev–Trinajstić information content (AvgIpc) is 2.42. The molecule has 0 unspecified atom stereocenters. The lowest BCUT2D eigenvalue weighted by molar-refractivity contribution is -0.384. The van der Waals surface area contributed by atoms with Gasteiger partial charge in [0, 0.05) is 27.9 Å². The lowest BCUT2D eigenvalue weighted by atomic mass is 10.2. The van der Waals surface area contributed by atoms with E-state index in [1.807, 2.05) is 0 Å². The molecule has 7 heteroatoms. The van der Waals surface area contributed by atoms with E-state index in [9.17, 15) is 14.9 Å². The highest BCUT2D eigenvalue weighted by Gasteiger charge is 2.11. The van der Waals surface area contributed by atoms with Gasteiger partial charge in [-0.05, 0) is 40.2 Å². The van der Waals surface area contributed by atoms with Gasteiger partial charge in [-0.3, -0.25) is 14.9 Å². The lowest BCUT2D eigenvalue weighted by Gasteiger charge is -2.06. The number of carbonyl (C=O) groups is 1. The first kappa shape index (κ1) is 14.5. The summed E-state index contributed by atoms with van der Waals surface area (Å²) in [5.74, 6) is -0.389. The minimum atomic E-state index is -0.522. The van der Waals surface area contributed by atoms with E-state index in [1.165, 1.54) is 24.3 Å². The quantitative estimate of drug-likeness (QED) is 0.660. The summed E-state index contributed by atoms with van der Waals surface area (Å²) in [6.07, 6.45) is 0. The van der Waals surface area contributed by atoms with Gasteiger partial charge in [-0.1, -0.05) is 17.7 Å². The molecule has 0 heterocycles. The van der Waals surface area contributed by atoms with Crippen molar-refractivity contribution >= 4 is 44.8 Å². The molecule has 5 nitrogen and oxygen atoms in total. The summed E-state index contributed by atoms with van der Waals surface area (Å²) in [7, 11) is 0. The first-order chi connectivity index (χ1) is 9.47. The zero-order chi connectivity index (χ0) is 14.7. The molecule has 0 aliphatic carbocycles. The number of nitro groups is 1. The maximum absolute atomic E-state index is 12.0. The summed E-state index contributed by atoms with van der Waals surface area (Å²) in [6.45, 7) is 0. The summed E-state index contributed by atoms with van der Waals surface area (Å²) in [5, 5.41) is 13.7. The van der Waals surface area contributed by atoms with Gasteiger partial charge in [0.25, 0.3) is 11.6 Å². The molecule has 0 radical (unpaired) electrons. The highest BCUT2D eigenvalue weighted by atomic mass is 79.9. The van der Waals surface area contributed by atoms with Gasteiger partial charge < -0.3 is 5.32 Å². The Bertz CT molecular complexity index is 691. The van der Waals surface area contributed by atoms with Gasteiger partial charge in [-0.25, -0.2) is 0 Å². The van der Waals surface area contributed by atoms with Crippen molar-refractivity contribution in [2.75, 3.05) is 5.32 Å². The number of nitrogens with zero attached hydrogens (tertiary/aromatic N) is 1. The number of non-ortho nitro benzene ring substituents is 1. The zero-order valence-electron chi connectivity index (χ0n) is 9.97. The third kappa shape index (κ3) is 3.34. The summed E-state index contributed by atoms with van der Waals surface area (Å²) in [5.41, 5.74) is 0.629. The van der Waals surface area contributed by atoms with E-state index in [1.54, 1.807) is 18.2 Å². The van der Waals surface area contributed by atoms with E-state index in [4.69, 9.17) is 11.6 Å². The highest BCUT2D eigenvalue weighted by Crippen LogP contribution is 2.24. The zero-order valence-corrected chi connectivity index (χ0v) is 12.3. The second-order valence-corrected chi connectivity index (χ2v) is 5.15. The fourth-order valence-electron chi connectivity index (χ4n) is 1.54. The number of benzene rings is 2. The molecule has 0 saturated carbocycles. The van der Waals surface area contributed by atoms with Crippen LogP contribution in [0.5, 0.6) is 0 Å². The molecule has 102 valence electrons. The molecule has 20 heavy (non-hydrogen) atoms. The Morgan fingerprint density at radius 2 is 2.00 bits per heavy atom. The second kappa shape index (κ2) is 6.02. The Labute approximate surface area is 127 Å². The van der Waals surface area contributed by atoms with Crippen LogP contribution in [-0.2, 0) is 0 Å². The SMILES string of the molecule is O=C(Nc1cccc([N+](=O)[O-])c1)c1ccc(Br)c(Cl)c1. The van der Waals surface area contributed by atoms with E-state index in [0.29, 0.717) is 20.7 Å². The third-order valence-electron chi connectivity index (χ3n) is 2.50. The Hall–Kier alpha value is -1.92. The molecule has 0 bridgehead atoms. The molecule has 0 fully saturated rings. The molecular formula is C13H8BrClN2O3. The van der Waals surface area contributed by atoms with E-state index in [2.05, 4.69) is 21.2 Å². The van der Waals surface area contributed by atoms with Crippen LogP contribution >= 0.6 is 27.5 Å². The number of halogens is 2. The fourth-order valence-corrected chi connectivity index (χ4v) is 1.97. The fraction of sp³-hybridized carbons (Fsp3) is 0.